The number of hydrogen-bond acceptors (Lipinski definition) is 13. The highest BCUT2D eigenvalue weighted by molar-refractivity contribution is 7.90. The normalized spacial score (nSPS) is 21.7. The van der Waals surface area contributed by atoms with Crippen molar-refractivity contribution in [3.8, 4) is 23.3 Å². The predicted molar refractivity (Wildman–Crippen MR) is 277 cm³/mol. The van der Waals surface area contributed by atoms with E-state index in [1.165, 1.54) is 23.0 Å². The van der Waals surface area contributed by atoms with Crippen molar-refractivity contribution in [3.63, 3.8) is 0 Å². The number of alkyl halides is 1. The molecule has 11 rings (SSSR count). The molecule has 5 aromatic rings. The van der Waals surface area contributed by atoms with E-state index >= 15 is 4.39 Å². The molecule has 0 unspecified atom stereocenters. The van der Waals surface area contributed by atoms with Gasteiger partial charge in [0.05, 0.1) is 22.3 Å². The Kier molecular flexibility index (Phi) is 14.0. The summed E-state index contributed by atoms with van der Waals surface area (Å²) in [5.74, 6) is -0.989. The number of carbonyl (C=O) groups excluding carboxylic acids is 3. The topological polar surface area (TPSA) is 197 Å². The Labute approximate surface area is 433 Å². The van der Waals surface area contributed by atoms with E-state index < -0.39 is 45.1 Å². The molecule has 0 bridgehead atoms. The molecular formula is C54H59F2N11O7S. The number of nitrogens with zero attached hydrogens (tertiary/aromatic N) is 9. The van der Waals surface area contributed by atoms with Crippen LogP contribution in [0.5, 0.6) is 11.5 Å². The maximum atomic E-state index is 15.2. The van der Waals surface area contributed by atoms with Crippen molar-refractivity contribution in [3.05, 3.63) is 112 Å². The maximum Gasteiger partial charge on any atom is 0.301 e. The molecule has 0 spiro atoms. The molecule has 21 heteroatoms. The van der Waals surface area contributed by atoms with E-state index in [1.54, 1.807) is 11.0 Å². The zero-order valence-electron chi connectivity index (χ0n) is 41.5. The monoisotopic (exact) mass is 1040 g/mol. The highest BCUT2D eigenvalue weighted by Gasteiger charge is 2.40. The lowest BCUT2D eigenvalue weighted by atomic mass is 9.94. The van der Waals surface area contributed by atoms with Crippen LogP contribution in [0.3, 0.4) is 0 Å². The fourth-order valence-electron chi connectivity index (χ4n) is 11.6. The number of nitriles is 1. The van der Waals surface area contributed by atoms with Crippen LogP contribution in [0.25, 0.3) is 16.6 Å². The number of hydrogen-bond donors (Lipinski definition) is 2. The Morgan fingerprint density at radius 1 is 0.760 bits per heavy atom. The first-order chi connectivity index (χ1) is 36.3. The Balaban J connectivity index is 0.634. The minimum absolute atomic E-state index is 0.0267. The molecule has 5 fully saturated rings. The fraction of sp³-hybridized carbons (Fsp3) is 0.444. The first-order valence-corrected chi connectivity index (χ1v) is 27.4. The van der Waals surface area contributed by atoms with Crippen molar-refractivity contribution >= 4 is 55.9 Å². The summed E-state index contributed by atoms with van der Waals surface area (Å²) in [6.07, 6.45) is 5.22. The average Bonchev–Trinajstić information content (AvgIpc) is 4.02. The molecule has 7 heterocycles. The molecule has 2 N–H and O–H groups in total. The second-order valence-corrected chi connectivity index (χ2v) is 22.4. The first kappa shape index (κ1) is 50.2. The molecule has 5 saturated heterocycles. The summed E-state index contributed by atoms with van der Waals surface area (Å²) >= 11 is 0. The molecule has 392 valence electrons. The van der Waals surface area contributed by atoms with Gasteiger partial charge < -0.3 is 29.2 Å². The summed E-state index contributed by atoms with van der Waals surface area (Å²) in [5, 5.41) is 12.6. The van der Waals surface area contributed by atoms with E-state index in [0.29, 0.717) is 41.6 Å². The van der Waals surface area contributed by atoms with E-state index in [0.717, 1.165) is 125 Å². The van der Waals surface area contributed by atoms with Gasteiger partial charge in [-0.3, -0.25) is 33.8 Å². The van der Waals surface area contributed by atoms with Crippen LogP contribution in [-0.2, 0) is 26.3 Å². The van der Waals surface area contributed by atoms with Gasteiger partial charge >= 0.3 is 10.2 Å². The molecule has 3 amide bonds. The molecule has 4 aromatic carbocycles. The van der Waals surface area contributed by atoms with Crippen molar-refractivity contribution in [2.24, 2.45) is 11.8 Å². The van der Waals surface area contributed by atoms with Crippen molar-refractivity contribution in [2.75, 3.05) is 93.1 Å². The number of carbonyl (C=O) groups is 3. The summed E-state index contributed by atoms with van der Waals surface area (Å²) in [4.78, 5) is 67.4. The van der Waals surface area contributed by atoms with Crippen LogP contribution in [0.2, 0.25) is 0 Å². The van der Waals surface area contributed by atoms with Gasteiger partial charge in [0.1, 0.15) is 35.9 Å². The third kappa shape index (κ3) is 10.5. The SMILES string of the molecule is N#Cc1c(NS(=O)(=O)N2CC[C@@H](F)C2)ccc(F)c1Oc1ccc2ncn(-c3ccc(N4CCC(CN5CCN(CC6CCN(c7ccc8c(c7)CN([C@@H]7CCC(=O)NC7=O)C8=O)CC6)CC5)CC4)cc3)c(=O)c2c1. The highest BCUT2D eigenvalue weighted by Crippen LogP contribution is 2.36. The van der Waals surface area contributed by atoms with Gasteiger partial charge in [0.15, 0.2) is 11.6 Å². The van der Waals surface area contributed by atoms with Crippen molar-refractivity contribution < 1.29 is 36.3 Å². The lowest BCUT2D eigenvalue weighted by molar-refractivity contribution is -0.136. The number of nitrogens with one attached hydrogen (secondary N) is 2. The van der Waals surface area contributed by atoms with E-state index in [1.807, 2.05) is 42.5 Å². The molecule has 2 atom stereocenters. The second kappa shape index (κ2) is 21.0. The number of piperazine rings is 1. The molecule has 75 heavy (non-hydrogen) atoms. The van der Waals surface area contributed by atoms with Gasteiger partial charge in [-0.25, -0.2) is 13.8 Å². The number of fused-ring (bicyclic) bond motifs is 2. The van der Waals surface area contributed by atoms with Gasteiger partial charge in [-0.1, -0.05) is 0 Å². The van der Waals surface area contributed by atoms with Gasteiger partial charge in [0, 0.05) is 108 Å². The molecule has 6 aliphatic heterocycles. The standard InChI is InChI=1S/C54H59F2N11O7S/c55-38-17-22-65(33-38)75(72,73)60-48-10-8-46(56)51(45(48)29-57)74-42-6-9-47-44(28-42)54(71)67(34-58-47)40-3-1-39(2-4-40)63-18-13-35(14-19-63)30-61-23-25-62(26-24-61)31-36-15-20-64(21-16-36)41-5-7-43-37(27-41)32-66(53(43)70)49-11-12-50(68)59-52(49)69/h1-10,27-28,34-36,38,49,60H,11-26,30-33H2,(H,59,68,69)/t38-,49-/m1/s1. The maximum absolute atomic E-state index is 15.2. The molecule has 1 aromatic heterocycles. The molecule has 0 radical (unpaired) electrons. The Morgan fingerprint density at radius 2 is 1.41 bits per heavy atom. The highest BCUT2D eigenvalue weighted by atomic mass is 32.2. The fourth-order valence-corrected chi connectivity index (χ4v) is 12.9. The number of benzene rings is 4. The third-order valence-electron chi connectivity index (χ3n) is 15.9. The van der Waals surface area contributed by atoms with Crippen LogP contribution in [-0.4, -0.2) is 145 Å². The molecule has 0 saturated carbocycles. The number of amides is 3. The zero-order valence-corrected chi connectivity index (χ0v) is 42.3. The van der Waals surface area contributed by atoms with Gasteiger partial charge in [-0.05, 0) is 129 Å². The van der Waals surface area contributed by atoms with E-state index in [-0.39, 0.29) is 60.5 Å². The summed E-state index contributed by atoms with van der Waals surface area (Å²) < 4.78 is 65.3. The van der Waals surface area contributed by atoms with Crippen molar-refractivity contribution in [2.45, 2.75) is 63.7 Å². The van der Waals surface area contributed by atoms with Gasteiger partial charge in [0.2, 0.25) is 11.8 Å². The number of piperidine rings is 3. The number of halogens is 2. The minimum Gasteiger partial charge on any atom is -0.453 e. The summed E-state index contributed by atoms with van der Waals surface area (Å²) in [7, 11) is -4.24. The van der Waals surface area contributed by atoms with Crippen LogP contribution in [0, 0.1) is 29.0 Å². The number of aromatic nitrogens is 2. The lowest BCUT2D eigenvalue weighted by Gasteiger charge is -2.41. The Hall–Kier alpha value is -6.99. The quantitative estimate of drug-likeness (QED) is 0.142. The molecular weight excluding hydrogens is 985 g/mol. The summed E-state index contributed by atoms with van der Waals surface area (Å²) in [6, 6.07) is 21.5. The van der Waals surface area contributed by atoms with Crippen LogP contribution in [0.1, 0.15) is 66.4 Å². The molecule has 6 aliphatic rings. The number of anilines is 3. The van der Waals surface area contributed by atoms with Gasteiger partial charge in [-0.2, -0.15) is 18.0 Å². The summed E-state index contributed by atoms with van der Waals surface area (Å²) in [6.45, 7) is 10.4. The van der Waals surface area contributed by atoms with Gasteiger partial charge in [0.25, 0.3) is 11.5 Å². The van der Waals surface area contributed by atoms with Crippen LogP contribution >= 0.6 is 0 Å². The van der Waals surface area contributed by atoms with Crippen molar-refractivity contribution in [1.29, 1.82) is 5.26 Å². The van der Waals surface area contributed by atoms with E-state index in [9.17, 15) is 37.2 Å². The second-order valence-electron chi connectivity index (χ2n) is 20.7. The van der Waals surface area contributed by atoms with Gasteiger partial charge in [-0.15, -0.1) is 0 Å². The first-order valence-electron chi connectivity index (χ1n) is 25.9. The zero-order chi connectivity index (χ0) is 52.0. The predicted octanol–water partition coefficient (Wildman–Crippen LogP) is 5.40. The average molecular weight is 1040 g/mol. The smallest absolute Gasteiger partial charge is 0.301 e. The Morgan fingerprint density at radius 3 is 2.05 bits per heavy atom. The number of imide groups is 1. The van der Waals surface area contributed by atoms with Crippen LogP contribution in [0.4, 0.5) is 25.8 Å². The summed E-state index contributed by atoms with van der Waals surface area (Å²) in [5.41, 5.74) is 3.71. The molecule has 0 aliphatic carbocycles. The van der Waals surface area contributed by atoms with Crippen LogP contribution < -0.4 is 30.1 Å². The Bertz CT molecular complexity index is 3240. The van der Waals surface area contributed by atoms with E-state index in [4.69, 9.17) is 4.74 Å². The number of rotatable bonds is 13. The largest absolute Gasteiger partial charge is 0.453 e. The number of ether oxygens (including phenoxy) is 1. The minimum atomic E-state index is -4.24. The van der Waals surface area contributed by atoms with E-state index in [2.05, 4.69) is 40.7 Å². The lowest BCUT2D eigenvalue weighted by Crippen LogP contribution is -2.52. The van der Waals surface area contributed by atoms with Crippen LogP contribution in [0.15, 0.2) is 83.9 Å². The van der Waals surface area contributed by atoms with Crippen molar-refractivity contribution in [1.82, 2.24) is 33.9 Å². The third-order valence-corrected chi connectivity index (χ3v) is 17.4. The molecule has 18 nitrogen and oxygen atoms in total.